The largest absolute Gasteiger partial charge is 0.334 e. The van der Waals surface area contributed by atoms with Crippen LogP contribution in [0, 0.1) is 5.82 Å². The van der Waals surface area contributed by atoms with E-state index in [4.69, 9.17) is 0 Å². The molecule has 0 spiro atoms. The van der Waals surface area contributed by atoms with Gasteiger partial charge in [-0.05, 0) is 36.4 Å². The summed E-state index contributed by atoms with van der Waals surface area (Å²) in [6.45, 7) is 3.69. The quantitative estimate of drug-likeness (QED) is 0.369. The minimum Gasteiger partial charge on any atom is -0.334 e. The van der Waals surface area contributed by atoms with Crippen LogP contribution in [0.5, 0.6) is 0 Å². The van der Waals surface area contributed by atoms with Crippen LogP contribution in [0.4, 0.5) is 9.18 Å². The standard InChI is InChI=1S/C20H17FN4O3S/c1-2-11-22-19(28)24-17(26)12-29-20-23-16-6-4-3-5-15(16)18(27)25(20)14-9-7-13(21)8-10-14/h2-10H,1,11-12H2,(H2,22,24,26,28). The van der Waals surface area contributed by atoms with Gasteiger partial charge in [0.2, 0.25) is 5.91 Å². The summed E-state index contributed by atoms with van der Waals surface area (Å²) in [6.07, 6.45) is 1.49. The third-order valence-electron chi connectivity index (χ3n) is 3.82. The number of amides is 3. The maximum atomic E-state index is 13.3. The number of nitrogens with zero attached hydrogens (tertiary/aromatic N) is 2. The highest BCUT2D eigenvalue weighted by atomic mass is 32.2. The summed E-state index contributed by atoms with van der Waals surface area (Å²) in [4.78, 5) is 41.1. The highest BCUT2D eigenvalue weighted by Gasteiger charge is 2.15. The van der Waals surface area contributed by atoms with Crippen LogP contribution in [0.3, 0.4) is 0 Å². The smallest absolute Gasteiger partial charge is 0.321 e. The zero-order chi connectivity index (χ0) is 20.8. The van der Waals surface area contributed by atoms with E-state index in [0.29, 0.717) is 16.6 Å². The van der Waals surface area contributed by atoms with E-state index in [1.165, 1.54) is 34.9 Å². The molecule has 9 heteroatoms. The van der Waals surface area contributed by atoms with Crippen molar-refractivity contribution in [1.29, 1.82) is 0 Å². The molecule has 0 atom stereocenters. The van der Waals surface area contributed by atoms with E-state index in [-0.39, 0.29) is 23.0 Å². The molecule has 1 heterocycles. The molecule has 0 aliphatic heterocycles. The number of benzene rings is 2. The molecule has 2 N–H and O–H groups in total. The molecule has 3 rings (SSSR count). The Morgan fingerprint density at radius 3 is 2.62 bits per heavy atom. The Labute approximate surface area is 169 Å². The lowest BCUT2D eigenvalue weighted by Gasteiger charge is -2.13. The zero-order valence-corrected chi connectivity index (χ0v) is 16.0. The molecule has 0 aliphatic rings. The molecule has 0 saturated heterocycles. The van der Waals surface area contributed by atoms with E-state index in [0.717, 1.165) is 11.8 Å². The van der Waals surface area contributed by atoms with Gasteiger partial charge in [-0.1, -0.05) is 30.0 Å². The lowest BCUT2D eigenvalue weighted by molar-refractivity contribution is -0.117. The summed E-state index contributed by atoms with van der Waals surface area (Å²) >= 11 is 0.995. The third kappa shape index (κ3) is 4.88. The van der Waals surface area contributed by atoms with Gasteiger partial charge in [-0.15, -0.1) is 6.58 Å². The second-order valence-corrected chi connectivity index (χ2v) is 6.81. The Balaban J connectivity index is 1.92. The number of hydrogen-bond donors (Lipinski definition) is 2. The summed E-state index contributed by atoms with van der Waals surface area (Å²) in [5.41, 5.74) is 0.553. The normalized spacial score (nSPS) is 10.5. The van der Waals surface area contributed by atoms with Crippen LogP contribution < -0.4 is 16.2 Å². The molecule has 7 nitrogen and oxygen atoms in total. The van der Waals surface area contributed by atoms with Crippen LogP contribution >= 0.6 is 11.8 Å². The van der Waals surface area contributed by atoms with Gasteiger partial charge in [0, 0.05) is 6.54 Å². The van der Waals surface area contributed by atoms with Gasteiger partial charge in [0.05, 0.1) is 22.3 Å². The number of imide groups is 1. The van der Waals surface area contributed by atoms with Crippen molar-refractivity contribution in [1.82, 2.24) is 20.2 Å². The third-order valence-corrected chi connectivity index (χ3v) is 4.76. The number of carbonyl (C=O) groups excluding carboxylic acids is 2. The van der Waals surface area contributed by atoms with E-state index in [9.17, 15) is 18.8 Å². The van der Waals surface area contributed by atoms with Crippen LogP contribution in [0.15, 0.2) is 71.1 Å². The number of fused-ring (bicyclic) bond motifs is 1. The first-order valence-electron chi connectivity index (χ1n) is 8.58. The molecule has 0 radical (unpaired) electrons. The van der Waals surface area contributed by atoms with Gasteiger partial charge in [-0.2, -0.15) is 0 Å². The van der Waals surface area contributed by atoms with Crippen molar-refractivity contribution in [2.45, 2.75) is 5.16 Å². The SMILES string of the molecule is C=CCNC(=O)NC(=O)CSc1nc2ccccc2c(=O)n1-c1ccc(F)cc1. The lowest BCUT2D eigenvalue weighted by atomic mass is 10.2. The van der Waals surface area contributed by atoms with Gasteiger partial charge in [-0.3, -0.25) is 19.5 Å². The maximum Gasteiger partial charge on any atom is 0.321 e. The first kappa shape index (κ1) is 20.3. The number of aromatic nitrogens is 2. The van der Waals surface area contributed by atoms with E-state index >= 15 is 0 Å². The van der Waals surface area contributed by atoms with E-state index in [1.807, 2.05) is 0 Å². The Morgan fingerprint density at radius 2 is 1.90 bits per heavy atom. The molecule has 0 saturated carbocycles. The molecule has 3 aromatic rings. The Kier molecular flexibility index (Phi) is 6.40. The molecular formula is C20H17FN4O3S. The lowest BCUT2D eigenvalue weighted by Crippen LogP contribution is -2.40. The van der Waals surface area contributed by atoms with E-state index < -0.39 is 17.8 Å². The van der Waals surface area contributed by atoms with Crippen molar-refractivity contribution in [3.8, 4) is 5.69 Å². The van der Waals surface area contributed by atoms with Crippen LogP contribution in [0.1, 0.15) is 0 Å². The van der Waals surface area contributed by atoms with Gasteiger partial charge in [-0.25, -0.2) is 14.2 Å². The summed E-state index contributed by atoms with van der Waals surface area (Å²) in [7, 11) is 0. The highest BCUT2D eigenvalue weighted by Crippen LogP contribution is 2.21. The number of urea groups is 1. The van der Waals surface area contributed by atoms with Crippen molar-refractivity contribution in [2.24, 2.45) is 0 Å². The number of rotatable bonds is 6. The number of halogens is 1. The zero-order valence-electron chi connectivity index (χ0n) is 15.2. The predicted molar refractivity (Wildman–Crippen MR) is 110 cm³/mol. The fraction of sp³-hybridized carbons (Fsp3) is 0.100. The van der Waals surface area contributed by atoms with Gasteiger partial charge >= 0.3 is 6.03 Å². The van der Waals surface area contributed by atoms with Crippen molar-refractivity contribution in [2.75, 3.05) is 12.3 Å². The van der Waals surface area contributed by atoms with Crippen molar-refractivity contribution >= 4 is 34.6 Å². The number of carbonyl (C=O) groups is 2. The minimum atomic E-state index is -0.641. The highest BCUT2D eigenvalue weighted by molar-refractivity contribution is 7.99. The number of hydrogen-bond acceptors (Lipinski definition) is 5. The van der Waals surface area contributed by atoms with Gasteiger partial charge in [0.15, 0.2) is 5.16 Å². The fourth-order valence-electron chi connectivity index (χ4n) is 2.53. The summed E-state index contributed by atoms with van der Waals surface area (Å²) in [6, 6.07) is 11.6. The molecule has 1 aromatic heterocycles. The maximum absolute atomic E-state index is 13.3. The molecule has 29 heavy (non-hydrogen) atoms. The molecule has 0 bridgehead atoms. The number of para-hydroxylation sites is 1. The van der Waals surface area contributed by atoms with E-state index in [2.05, 4.69) is 22.2 Å². The average Bonchev–Trinajstić information content (AvgIpc) is 2.72. The Hall–Kier alpha value is -3.46. The average molecular weight is 412 g/mol. The fourth-order valence-corrected chi connectivity index (χ4v) is 3.34. The monoisotopic (exact) mass is 412 g/mol. The van der Waals surface area contributed by atoms with Crippen LogP contribution in [-0.4, -0.2) is 33.8 Å². The topological polar surface area (TPSA) is 93.1 Å². The van der Waals surface area contributed by atoms with Gasteiger partial charge in [0.1, 0.15) is 5.82 Å². The van der Waals surface area contributed by atoms with Crippen LogP contribution in [0.25, 0.3) is 16.6 Å². The first-order valence-corrected chi connectivity index (χ1v) is 9.57. The van der Waals surface area contributed by atoms with Crippen molar-refractivity contribution in [3.63, 3.8) is 0 Å². The number of thioether (sulfide) groups is 1. The van der Waals surface area contributed by atoms with E-state index in [1.54, 1.807) is 24.3 Å². The molecule has 2 aromatic carbocycles. The molecule has 0 unspecified atom stereocenters. The predicted octanol–water partition coefficient (Wildman–Crippen LogP) is 2.63. The second kappa shape index (κ2) is 9.16. The summed E-state index contributed by atoms with van der Waals surface area (Å²) in [5.74, 6) is -1.13. The molecule has 3 amide bonds. The molecule has 0 fully saturated rings. The van der Waals surface area contributed by atoms with Crippen molar-refractivity contribution in [3.05, 3.63) is 77.4 Å². The molecule has 0 aliphatic carbocycles. The Bertz CT molecular complexity index is 1130. The first-order chi connectivity index (χ1) is 14.0. The van der Waals surface area contributed by atoms with Crippen LogP contribution in [-0.2, 0) is 4.79 Å². The second-order valence-electron chi connectivity index (χ2n) is 5.86. The van der Waals surface area contributed by atoms with Crippen molar-refractivity contribution < 1.29 is 14.0 Å². The number of nitrogens with one attached hydrogen (secondary N) is 2. The minimum absolute atomic E-state index is 0.145. The van der Waals surface area contributed by atoms with Gasteiger partial charge < -0.3 is 5.32 Å². The molecule has 148 valence electrons. The Morgan fingerprint density at radius 1 is 1.17 bits per heavy atom. The van der Waals surface area contributed by atoms with Crippen LogP contribution in [0.2, 0.25) is 0 Å². The summed E-state index contributed by atoms with van der Waals surface area (Å²) in [5, 5.41) is 5.26. The molecular weight excluding hydrogens is 395 g/mol. The summed E-state index contributed by atoms with van der Waals surface area (Å²) < 4.78 is 14.6. The van der Waals surface area contributed by atoms with Gasteiger partial charge in [0.25, 0.3) is 5.56 Å².